The molecule has 0 fully saturated rings. The highest BCUT2D eigenvalue weighted by Crippen LogP contribution is 2.70. The van der Waals surface area contributed by atoms with E-state index in [1.54, 1.807) is 0 Å². The van der Waals surface area contributed by atoms with Crippen molar-refractivity contribution in [1.29, 1.82) is 0 Å². The minimum absolute atomic E-state index is 0. The van der Waals surface area contributed by atoms with Gasteiger partial charge in [0.15, 0.2) is 5.16 Å². The molecule has 0 N–H and O–H groups in total. The van der Waals surface area contributed by atoms with Gasteiger partial charge in [-0.15, -0.1) is 0 Å². The van der Waals surface area contributed by atoms with Gasteiger partial charge in [0, 0.05) is 43.9 Å². The summed E-state index contributed by atoms with van der Waals surface area (Å²) in [4.78, 5) is 0. The van der Waals surface area contributed by atoms with Crippen LogP contribution in [0.1, 0.15) is 16.7 Å². The smallest absolute Gasteiger partial charge is 0.153 e. The number of benzene rings is 3. The predicted molar refractivity (Wildman–Crippen MR) is 110 cm³/mol. The lowest BCUT2D eigenvalue weighted by molar-refractivity contribution is 0.868. The Bertz CT molecular complexity index is 650. The predicted octanol–water partition coefficient (Wildman–Crippen LogP) is 5.50. The van der Waals surface area contributed by atoms with E-state index in [9.17, 15) is 0 Å². The Morgan fingerprint density at radius 3 is 0.958 bits per heavy atom. The molecule has 0 nitrogen and oxygen atoms in total. The summed E-state index contributed by atoms with van der Waals surface area (Å²) >= 11 is 0. The van der Waals surface area contributed by atoms with E-state index < -0.39 is 7.26 Å². The van der Waals surface area contributed by atoms with E-state index in [0.29, 0.717) is 0 Å². The zero-order chi connectivity index (χ0) is 16.3. The maximum absolute atomic E-state index is 2.44. The fourth-order valence-electron chi connectivity index (χ4n) is 3.70. The van der Waals surface area contributed by atoms with E-state index in [-0.39, 0.29) is 13.6 Å². The minimum atomic E-state index is -1.32. The molecule has 0 aliphatic rings. The van der Waals surface area contributed by atoms with E-state index in [0.717, 1.165) is 0 Å². The summed E-state index contributed by atoms with van der Waals surface area (Å²) in [7, 11) is -1.32. The molecule has 3 aromatic carbocycles. The Hall–Kier alpha value is -1.85. The van der Waals surface area contributed by atoms with Crippen molar-refractivity contribution >= 4 is 15.7 Å². The van der Waals surface area contributed by atoms with Crippen LogP contribution in [0.15, 0.2) is 91.0 Å². The first kappa shape index (κ1) is 18.5. The second kappa shape index (κ2) is 7.37. The molecule has 0 saturated heterocycles. The molecule has 0 spiro atoms. The lowest BCUT2D eigenvalue weighted by Gasteiger charge is -2.40. The van der Waals surface area contributed by atoms with E-state index in [4.69, 9.17) is 0 Å². The first-order valence-corrected chi connectivity index (χ1v) is 11.2. The van der Waals surface area contributed by atoms with Crippen molar-refractivity contribution < 1.29 is 0 Å². The van der Waals surface area contributed by atoms with Gasteiger partial charge in [-0.2, -0.15) is 0 Å². The van der Waals surface area contributed by atoms with E-state index in [2.05, 4.69) is 111 Å². The zero-order valence-corrected chi connectivity index (χ0v) is 15.6. The van der Waals surface area contributed by atoms with Crippen LogP contribution in [0, 0.1) is 0 Å². The highest BCUT2D eigenvalue weighted by atomic mass is 31.2. The van der Waals surface area contributed by atoms with Crippen molar-refractivity contribution in [2.45, 2.75) is 5.16 Å². The highest BCUT2D eigenvalue weighted by molar-refractivity contribution is 7.75. The zero-order valence-electron chi connectivity index (χ0n) is 14.7. The van der Waals surface area contributed by atoms with Crippen molar-refractivity contribution in [3.8, 4) is 0 Å². The van der Waals surface area contributed by atoms with Gasteiger partial charge in [-0.3, -0.25) is 0 Å². The lowest BCUT2D eigenvalue weighted by atomic mass is 9.84. The van der Waals surface area contributed by atoms with Crippen molar-refractivity contribution in [2.24, 2.45) is 0 Å². The minimum Gasteiger partial charge on any atom is -1.00 e. The summed E-state index contributed by atoms with van der Waals surface area (Å²) in [5.41, 5.74) is 4.16. The third kappa shape index (κ3) is 3.06. The molecule has 0 aliphatic heterocycles. The molecule has 24 heavy (non-hydrogen) atoms. The molecule has 0 aromatic heterocycles. The topological polar surface area (TPSA) is 0 Å². The first-order valence-electron chi connectivity index (χ1n) is 8.05. The van der Waals surface area contributed by atoms with Crippen molar-refractivity contribution in [3.63, 3.8) is 0 Å². The van der Waals surface area contributed by atoms with E-state index in [1.807, 2.05) is 0 Å². The van der Waals surface area contributed by atoms with Gasteiger partial charge in [0.2, 0.25) is 0 Å². The third-order valence-electron chi connectivity index (χ3n) is 4.58. The standard InChI is InChI=1S/C22H24P.B/c1-23(2,3)22(19-13-7-4-8-14-19,20-15-9-5-10-16-20)21-17-11-6-12-18-21;/h4-18H,1-3H3;/q+1;-1. The van der Waals surface area contributed by atoms with Crippen molar-refractivity contribution in [2.75, 3.05) is 20.0 Å². The normalized spacial score (nSPS) is 11.6. The molecular formula is C22H24BP. The molecule has 0 aliphatic carbocycles. The summed E-state index contributed by atoms with van der Waals surface area (Å²) in [6.45, 7) is 7.33. The fourth-order valence-corrected chi connectivity index (χ4v) is 6.47. The quantitative estimate of drug-likeness (QED) is 0.336. The number of hydrogen-bond donors (Lipinski definition) is 0. The molecule has 3 rings (SSSR count). The molecule has 0 atom stereocenters. The molecule has 4 radical (unpaired) electrons. The summed E-state index contributed by atoms with van der Waals surface area (Å²) in [5.74, 6) is 0. The van der Waals surface area contributed by atoms with Gasteiger partial charge in [-0.1, -0.05) is 91.0 Å². The largest absolute Gasteiger partial charge is 1.00 e. The van der Waals surface area contributed by atoms with Crippen molar-refractivity contribution in [3.05, 3.63) is 108 Å². The Labute approximate surface area is 148 Å². The van der Waals surface area contributed by atoms with Crippen LogP contribution in [-0.2, 0) is 5.16 Å². The van der Waals surface area contributed by atoms with Gasteiger partial charge < -0.3 is 8.41 Å². The molecule has 0 unspecified atom stereocenters. The van der Waals surface area contributed by atoms with Crippen LogP contribution in [0.4, 0.5) is 0 Å². The Kier molecular flexibility index (Phi) is 5.68. The molecular weight excluding hydrogens is 306 g/mol. The molecule has 3 aromatic rings. The maximum Gasteiger partial charge on any atom is 0.153 e. The van der Waals surface area contributed by atoms with Gasteiger partial charge >= 0.3 is 0 Å². The summed E-state index contributed by atoms with van der Waals surface area (Å²) in [5, 5.41) is -0.0726. The molecule has 0 amide bonds. The van der Waals surface area contributed by atoms with Gasteiger partial charge in [-0.05, 0) is 0 Å². The Morgan fingerprint density at radius 2 is 0.750 bits per heavy atom. The van der Waals surface area contributed by atoms with Gasteiger partial charge in [0.05, 0.1) is 0 Å². The average Bonchev–Trinajstić information content (AvgIpc) is 2.57. The monoisotopic (exact) mass is 330 g/mol. The van der Waals surface area contributed by atoms with Crippen LogP contribution in [0.3, 0.4) is 0 Å². The summed E-state index contributed by atoms with van der Waals surface area (Å²) < 4.78 is 0. The SMILES string of the molecule is C[P+](C)(C)C(c1ccccc1)(c1ccccc1)c1ccccc1.[B-]. The fraction of sp³-hybridized carbons (Fsp3) is 0.182. The van der Waals surface area contributed by atoms with Crippen LogP contribution in [-0.4, -0.2) is 28.4 Å². The molecule has 2 heteroatoms. The van der Waals surface area contributed by atoms with Crippen LogP contribution < -0.4 is 0 Å². The first-order chi connectivity index (χ1) is 11.1. The molecule has 0 bridgehead atoms. The number of rotatable bonds is 4. The summed E-state index contributed by atoms with van der Waals surface area (Å²) in [6.07, 6.45) is 0. The lowest BCUT2D eigenvalue weighted by Crippen LogP contribution is -2.31. The highest BCUT2D eigenvalue weighted by Gasteiger charge is 2.52. The maximum atomic E-state index is 2.44. The molecule has 0 saturated carbocycles. The second-order valence-corrected chi connectivity index (χ2v) is 11.5. The van der Waals surface area contributed by atoms with Gasteiger partial charge in [0.25, 0.3) is 0 Å². The Morgan fingerprint density at radius 1 is 0.500 bits per heavy atom. The third-order valence-corrected chi connectivity index (χ3v) is 7.37. The van der Waals surface area contributed by atoms with Crippen LogP contribution in [0.25, 0.3) is 0 Å². The van der Waals surface area contributed by atoms with Crippen LogP contribution in [0.5, 0.6) is 0 Å². The second-order valence-electron chi connectivity index (χ2n) is 6.82. The molecule has 0 heterocycles. The van der Waals surface area contributed by atoms with Crippen molar-refractivity contribution in [1.82, 2.24) is 0 Å². The molecule has 120 valence electrons. The van der Waals surface area contributed by atoms with Gasteiger partial charge in [-0.25, -0.2) is 0 Å². The van der Waals surface area contributed by atoms with Gasteiger partial charge in [0.1, 0.15) is 0 Å². The summed E-state index contributed by atoms with van der Waals surface area (Å²) in [6, 6.07) is 33.0. The number of hydrogen-bond acceptors (Lipinski definition) is 0. The van der Waals surface area contributed by atoms with E-state index in [1.165, 1.54) is 16.7 Å². The Balaban J connectivity index is 0.00000208. The average molecular weight is 330 g/mol. The van der Waals surface area contributed by atoms with Crippen LogP contribution >= 0.6 is 7.26 Å². The van der Waals surface area contributed by atoms with E-state index >= 15 is 0 Å². The van der Waals surface area contributed by atoms with Crippen LogP contribution in [0.2, 0.25) is 0 Å².